The van der Waals surface area contributed by atoms with E-state index in [1.807, 2.05) is 18.2 Å². The molecule has 0 aromatic heterocycles. The molecule has 0 aliphatic carbocycles. The Labute approximate surface area is 134 Å². The second-order valence-corrected chi connectivity index (χ2v) is 6.62. The molecule has 4 rings (SSSR count). The summed E-state index contributed by atoms with van der Waals surface area (Å²) in [6.07, 6.45) is 0. The van der Waals surface area contributed by atoms with E-state index in [-0.39, 0.29) is 6.04 Å². The number of ether oxygens (including phenoxy) is 1. The molecule has 0 saturated carbocycles. The first-order chi connectivity index (χ1) is 10.8. The summed E-state index contributed by atoms with van der Waals surface area (Å²) in [5, 5.41) is 3.34. The number of nitrogens with zero attached hydrogens (tertiary/aromatic N) is 3. The van der Waals surface area contributed by atoms with Gasteiger partial charge >= 0.3 is 0 Å². The van der Waals surface area contributed by atoms with Gasteiger partial charge in [-0.05, 0) is 11.5 Å². The van der Waals surface area contributed by atoms with Crippen LogP contribution in [0.5, 0.6) is 0 Å². The number of nitrogens with two attached hydrogens (primary N) is 1. The maximum Gasteiger partial charge on any atom is 0.168 e. The third-order valence-corrected chi connectivity index (χ3v) is 5.27. The topological polar surface area (TPSA) is 54.1 Å². The van der Waals surface area contributed by atoms with Crippen molar-refractivity contribution in [2.24, 2.45) is 4.99 Å². The van der Waals surface area contributed by atoms with Gasteiger partial charge in [0.05, 0.1) is 25.8 Å². The van der Waals surface area contributed by atoms with E-state index in [1.165, 1.54) is 5.70 Å². The minimum Gasteiger partial charge on any atom is -0.398 e. The van der Waals surface area contributed by atoms with E-state index in [1.54, 1.807) is 11.8 Å². The van der Waals surface area contributed by atoms with Gasteiger partial charge in [0.25, 0.3) is 0 Å². The molecule has 3 aliphatic rings. The summed E-state index contributed by atoms with van der Waals surface area (Å²) in [6, 6.07) is 8.20. The van der Waals surface area contributed by atoms with Crippen molar-refractivity contribution in [2.45, 2.75) is 6.04 Å². The minimum atomic E-state index is 0.150. The van der Waals surface area contributed by atoms with Crippen LogP contribution in [0.3, 0.4) is 0 Å². The van der Waals surface area contributed by atoms with E-state index in [2.05, 4.69) is 21.3 Å². The van der Waals surface area contributed by atoms with Crippen molar-refractivity contribution in [1.82, 2.24) is 9.80 Å². The van der Waals surface area contributed by atoms with Gasteiger partial charge in [0.2, 0.25) is 0 Å². The molecule has 22 heavy (non-hydrogen) atoms. The average molecular weight is 316 g/mol. The number of benzene rings is 1. The second kappa shape index (κ2) is 5.95. The summed E-state index contributed by atoms with van der Waals surface area (Å²) in [7, 11) is 0. The van der Waals surface area contributed by atoms with Gasteiger partial charge in [0, 0.05) is 36.6 Å². The first kappa shape index (κ1) is 14.1. The van der Waals surface area contributed by atoms with Crippen molar-refractivity contribution in [3.63, 3.8) is 0 Å². The highest BCUT2D eigenvalue weighted by molar-refractivity contribution is 8.16. The fraction of sp³-hybridized carbons (Fsp3) is 0.438. The fourth-order valence-electron chi connectivity index (χ4n) is 3.11. The SMILES string of the molecule is Nc1ccccc1C1CN2C(CN3CCOCC3)=CSC2=N1. The first-order valence-corrected chi connectivity index (χ1v) is 8.55. The van der Waals surface area contributed by atoms with Gasteiger partial charge in [-0.25, -0.2) is 0 Å². The number of rotatable bonds is 3. The van der Waals surface area contributed by atoms with Gasteiger partial charge in [0.15, 0.2) is 5.17 Å². The Hall–Kier alpha value is -1.50. The molecule has 1 fully saturated rings. The number of morpholine rings is 1. The van der Waals surface area contributed by atoms with Crippen LogP contribution in [-0.2, 0) is 4.74 Å². The summed E-state index contributed by atoms with van der Waals surface area (Å²) >= 11 is 1.73. The Bertz CT molecular complexity index is 624. The van der Waals surface area contributed by atoms with Gasteiger partial charge in [-0.2, -0.15) is 0 Å². The Morgan fingerprint density at radius 3 is 2.91 bits per heavy atom. The van der Waals surface area contributed by atoms with Gasteiger partial charge < -0.3 is 15.4 Å². The smallest absolute Gasteiger partial charge is 0.168 e. The summed E-state index contributed by atoms with van der Waals surface area (Å²) in [5.41, 5.74) is 9.42. The molecule has 3 aliphatic heterocycles. The molecule has 5 nitrogen and oxygen atoms in total. The predicted octanol–water partition coefficient (Wildman–Crippen LogP) is 1.90. The Kier molecular flexibility index (Phi) is 3.82. The Morgan fingerprint density at radius 1 is 1.27 bits per heavy atom. The normalized spacial score (nSPS) is 25.1. The average Bonchev–Trinajstić information content (AvgIpc) is 3.11. The molecule has 0 spiro atoms. The second-order valence-electron chi connectivity index (χ2n) is 5.78. The number of hydrogen-bond donors (Lipinski definition) is 1. The van der Waals surface area contributed by atoms with E-state index in [0.29, 0.717) is 0 Å². The van der Waals surface area contributed by atoms with Gasteiger partial charge in [-0.3, -0.25) is 9.89 Å². The van der Waals surface area contributed by atoms with E-state index >= 15 is 0 Å². The number of fused-ring (bicyclic) bond motifs is 1. The summed E-state index contributed by atoms with van der Waals surface area (Å²) in [5.74, 6) is 0. The monoisotopic (exact) mass is 316 g/mol. The van der Waals surface area contributed by atoms with E-state index < -0.39 is 0 Å². The molecule has 1 atom stereocenters. The van der Waals surface area contributed by atoms with Crippen LogP contribution in [0.2, 0.25) is 0 Å². The van der Waals surface area contributed by atoms with E-state index in [9.17, 15) is 0 Å². The van der Waals surface area contributed by atoms with Crippen molar-refractivity contribution in [1.29, 1.82) is 0 Å². The van der Waals surface area contributed by atoms with Crippen LogP contribution >= 0.6 is 11.8 Å². The summed E-state index contributed by atoms with van der Waals surface area (Å²) in [4.78, 5) is 9.65. The number of amidine groups is 1. The lowest BCUT2D eigenvalue weighted by Crippen LogP contribution is -2.39. The van der Waals surface area contributed by atoms with Crippen LogP contribution < -0.4 is 5.73 Å². The number of hydrogen-bond acceptors (Lipinski definition) is 6. The molecular weight excluding hydrogens is 296 g/mol. The molecule has 1 aromatic carbocycles. The third-order valence-electron chi connectivity index (χ3n) is 4.34. The zero-order valence-electron chi connectivity index (χ0n) is 12.4. The van der Waals surface area contributed by atoms with E-state index in [4.69, 9.17) is 15.5 Å². The molecule has 0 bridgehead atoms. The lowest BCUT2D eigenvalue weighted by atomic mass is 10.1. The quantitative estimate of drug-likeness (QED) is 0.863. The molecule has 2 N–H and O–H groups in total. The van der Waals surface area contributed by atoms with Crippen LogP contribution in [0.1, 0.15) is 11.6 Å². The van der Waals surface area contributed by atoms with Crippen molar-refractivity contribution in [3.8, 4) is 0 Å². The highest BCUT2D eigenvalue weighted by Crippen LogP contribution is 2.38. The van der Waals surface area contributed by atoms with Crippen molar-refractivity contribution in [3.05, 3.63) is 40.9 Å². The Balaban J connectivity index is 1.46. The molecule has 0 amide bonds. The third kappa shape index (κ3) is 2.62. The van der Waals surface area contributed by atoms with Gasteiger partial charge in [-0.1, -0.05) is 30.0 Å². The fourth-order valence-corrected chi connectivity index (χ4v) is 4.06. The molecule has 3 heterocycles. The van der Waals surface area contributed by atoms with Crippen molar-refractivity contribution >= 4 is 22.6 Å². The van der Waals surface area contributed by atoms with Gasteiger partial charge in [0.1, 0.15) is 0 Å². The highest BCUT2D eigenvalue weighted by Gasteiger charge is 2.33. The lowest BCUT2D eigenvalue weighted by Gasteiger charge is -2.29. The molecule has 6 heteroatoms. The van der Waals surface area contributed by atoms with E-state index in [0.717, 1.165) is 55.8 Å². The van der Waals surface area contributed by atoms with Crippen LogP contribution in [0, 0.1) is 0 Å². The minimum absolute atomic E-state index is 0.150. The maximum absolute atomic E-state index is 6.10. The maximum atomic E-state index is 6.10. The molecule has 1 unspecified atom stereocenters. The first-order valence-electron chi connectivity index (χ1n) is 7.67. The molecule has 1 saturated heterocycles. The van der Waals surface area contributed by atoms with Crippen LogP contribution in [0.4, 0.5) is 5.69 Å². The molecule has 1 aromatic rings. The highest BCUT2D eigenvalue weighted by atomic mass is 32.2. The molecule has 116 valence electrons. The van der Waals surface area contributed by atoms with Gasteiger partial charge in [-0.15, -0.1) is 0 Å². The number of para-hydroxylation sites is 1. The largest absolute Gasteiger partial charge is 0.398 e. The number of thioether (sulfide) groups is 1. The number of anilines is 1. The van der Waals surface area contributed by atoms with Crippen LogP contribution in [0.25, 0.3) is 0 Å². The lowest BCUT2D eigenvalue weighted by molar-refractivity contribution is 0.0405. The van der Waals surface area contributed by atoms with Crippen molar-refractivity contribution in [2.75, 3.05) is 45.1 Å². The van der Waals surface area contributed by atoms with Crippen LogP contribution in [0.15, 0.2) is 40.4 Å². The zero-order chi connectivity index (χ0) is 14.9. The molecular formula is C16H20N4OS. The number of nitrogen functional groups attached to an aromatic ring is 1. The summed E-state index contributed by atoms with van der Waals surface area (Å²) in [6.45, 7) is 5.57. The van der Waals surface area contributed by atoms with Crippen molar-refractivity contribution < 1.29 is 4.74 Å². The zero-order valence-corrected chi connectivity index (χ0v) is 13.3. The van der Waals surface area contributed by atoms with Crippen LogP contribution in [-0.4, -0.2) is 54.4 Å². The predicted molar refractivity (Wildman–Crippen MR) is 90.7 cm³/mol. The molecule has 0 radical (unpaired) electrons. The standard InChI is InChI=1S/C16H20N4OS/c17-14-4-2-1-3-13(14)15-10-20-12(11-22-16(20)18-15)9-19-5-7-21-8-6-19/h1-4,11,15H,5-10,17H2. The Morgan fingerprint density at radius 2 is 2.09 bits per heavy atom. The summed E-state index contributed by atoms with van der Waals surface area (Å²) < 4.78 is 5.42. The number of aliphatic imine (C=N–C) groups is 1.